The largest absolute Gasteiger partial charge is 0.490 e. The van der Waals surface area contributed by atoms with Gasteiger partial charge < -0.3 is 19.3 Å². The van der Waals surface area contributed by atoms with Crippen LogP contribution in [0.2, 0.25) is 0 Å². The van der Waals surface area contributed by atoms with Gasteiger partial charge in [0.05, 0.1) is 5.52 Å². The molecule has 1 N–H and O–H groups in total. The second kappa shape index (κ2) is 9.00. The average Bonchev–Trinajstić information content (AvgIpc) is 2.70. The van der Waals surface area contributed by atoms with Crippen molar-refractivity contribution in [3.8, 4) is 11.5 Å². The molecule has 1 heterocycles. The Morgan fingerprint density at radius 1 is 1.04 bits per heavy atom. The molecule has 6 nitrogen and oxygen atoms in total. The number of aliphatic carboxylic acids is 1. The number of fused-ring (bicyclic) bond motifs is 1. The van der Waals surface area contributed by atoms with Gasteiger partial charge in [0.15, 0.2) is 6.10 Å². The zero-order chi connectivity index (χ0) is 19.1. The molecule has 2 aromatic carbocycles. The van der Waals surface area contributed by atoms with E-state index in [2.05, 4.69) is 4.98 Å². The highest BCUT2D eigenvalue weighted by Crippen LogP contribution is 2.19. The van der Waals surface area contributed by atoms with E-state index in [9.17, 15) is 4.79 Å². The Kier molecular flexibility index (Phi) is 6.22. The minimum absolute atomic E-state index is 0.312. The number of ether oxygens (including phenoxy) is 3. The summed E-state index contributed by atoms with van der Waals surface area (Å²) in [5.41, 5.74) is 1.80. The molecular weight excluding hydrogens is 346 g/mol. The first kappa shape index (κ1) is 18.7. The summed E-state index contributed by atoms with van der Waals surface area (Å²) in [4.78, 5) is 15.3. The van der Waals surface area contributed by atoms with Gasteiger partial charge in [-0.3, -0.25) is 4.98 Å². The Balaban J connectivity index is 1.46. The Morgan fingerprint density at radius 3 is 2.44 bits per heavy atom. The molecule has 0 saturated heterocycles. The van der Waals surface area contributed by atoms with Crippen LogP contribution in [0.5, 0.6) is 11.5 Å². The molecular formula is C21H21NO5. The van der Waals surface area contributed by atoms with Crippen molar-refractivity contribution in [2.75, 3.05) is 20.3 Å². The lowest BCUT2D eigenvalue weighted by Gasteiger charge is -2.11. The molecule has 6 heteroatoms. The van der Waals surface area contributed by atoms with Crippen LogP contribution < -0.4 is 9.47 Å². The van der Waals surface area contributed by atoms with Crippen LogP contribution in [-0.4, -0.2) is 42.5 Å². The van der Waals surface area contributed by atoms with Crippen LogP contribution in [0.15, 0.2) is 60.8 Å². The molecule has 0 bridgehead atoms. The summed E-state index contributed by atoms with van der Waals surface area (Å²) in [6, 6.07) is 16.9. The Morgan fingerprint density at radius 2 is 1.74 bits per heavy atom. The lowest BCUT2D eigenvalue weighted by atomic mass is 10.1. The molecule has 140 valence electrons. The third kappa shape index (κ3) is 5.18. The van der Waals surface area contributed by atoms with Gasteiger partial charge in [-0.05, 0) is 42.0 Å². The summed E-state index contributed by atoms with van der Waals surface area (Å²) in [5.74, 6) is 0.502. The molecule has 0 radical (unpaired) electrons. The first-order chi connectivity index (χ1) is 13.2. The average molecular weight is 367 g/mol. The van der Waals surface area contributed by atoms with E-state index in [0.717, 1.165) is 22.2 Å². The number of hydrogen-bond donors (Lipinski definition) is 1. The van der Waals surface area contributed by atoms with Gasteiger partial charge in [-0.25, -0.2) is 4.79 Å². The molecule has 0 aliphatic rings. The molecule has 0 fully saturated rings. The van der Waals surface area contributed by atoms with Crippen LogP contribution in [0, 0.1) is 0 Å². The van der Waals surface area contributed by atoms with E-state index in [1.54, 1.807) is 6.20 Å². The van der Waals surface area contributed by atoms with Crippen molar-refractivity contribution in [3.63, 3.8) is 0 Å². The normalized spacial score (nSPS) is 11.9. The van der Waals surface area contributed by atoms with Crippen LogP contribution >= 0.6 is 0 Å². The van der Waals surface area contributed by atoms with Gasteiger partial charge in [-0.2, -0.15) is 0 Å². The van der Waals surface area contributed by atoms with Crippen LogP contribution in [0.3, 0.4) is 0 Å². The number of hydrogen-bond acceptors (Lipinski definition) is 5. The van der Waals surface area contributed by atoms with Gasteiger partial charge in [-0.15, -0.1) is 0 Å². The lowest BCUT2D eigenvalue weighted by molar-refractivity contribution is -0.148. The minimum Gasteiger partial charge on any atom is -0.490 e. The van der Waals surface area contributed by atoms with Gasteiger partial charge >= 0.3 is 5.97 Å². The van der Waals surface area contributed by atoms with Crippen molar-refractivity contribution < 1.29 is 24.1 Å². The maximum Gasteiger partial charge on any atom is 0.333 e. The van der Waals surface area contributed by atoms with E-state index >= 15 is 0 Å². The number of carboxylic acids is 1. The highest BCUT2D eigenvalue weighted by molar-refractivity contribution is 5.79. The first-order valence-electron chi connectivity index (χ1n) is 8.60. The molecule has 27 heavy (non-hydrogen) atoms. The van der Waals surface area contributed by atoms with Gasteiger partial charge in [0.25, 0.3) is 0 Å². The Labute approximate surface area is 157 Å². The summed E-state index contributed by atoms with van der Waals surface area (Å²) < 4.78 is 16.3. The molecule has 0 amide bonds. The molecule has 1 aromatic heterocycles. The number of carbonyl (C=O) groups is 1. The van der Waals surface area contributed by atoms with Crippen LogP contribution in [0.4, 0.5) is 0 Å². The van der Waals surface area contributed by atoms with Crippen molar-refractivity contribution in [1.82, 2.24) is 4.98 Å². The van der Waals surface area contributed by atoms with E-state index in [0.29, 0.717) is 25.4 Å². The summed E-state index contributed by atoms with van der Waals surface area (Å²) >= 11 is 0. The second-order valence-electron chi connectivity index (χ2n) is 5.97. The molecule has 0 unspecified atom stereocenters. The molecule has 0 aliphatic heterocycles. The van der Waals surface area contributed by atoms with Crippen LogP contribution in [-0.2, 0) is 16.0 Å². The summed E-state index contributed by atoms with van der Waals surface area (Å²) in [6.07, 6.45) is 1.23. The monoisotopic (exact) mass is 367 g/mol. The summed E-state index contributed by atoms with van der Waals surface area (Å²) in [7, 11) is 1.39. The highest BCUT2D eigenvalue weighted by atomic mass is 16.5. The second-order valence-corrected chi connectivity index (χ2v) is 5.97. The summed E-state index contributed by atoms with van der Waals surface area (Å²) in [6.45, 7) is 0.818. The third-order valence-electron chi connectivity index (χ3n) is 4.10. The predicted molar refractivity (Wildman–Crippen MR) is 101 cm³/mol. The van der Waals surface area contributed by atoms with Crippen molar-refractivity contribution in [2.45, 2.75) is 12.5 Å². The fourth-order valence-corrected chi connectivity index (χ4v) is 2.67. The Hall–Kier alpha value is -3.12. The molecule has 0 saturated carbocycles. The molecule has 3 aromatic rings. The van der Waals surface area contributed by atoms with Crippen molar-refractivity contribution >= 4 is 16.9 Å². The molecule has 1 atom stereocenters. The first-order valence-corrected chi connectivity index (χ1v) is 8.60. The zero-order valence-corrected chi connectivity index (χ0v) is 15.0. The van der Waals surface area contributed by atoms with Crippen molar-refractivity contribution in [1.29, 1.82) is 0 Å². The van der Waals surface area contributed by atoms with E-state index in [1.807, 2.05) is 54.6 Å². The maximum absolute atomic E-state index is 11.0. The standard InChI is InChI=1S/C21H21NO5/c1-25-20(21(23)24)13-15-4-6-17(7-5-15)26-11-12-27-18-8-9-19-16(14-18)3-2-10-22-19/h2-10,14,20H,11-13H2,1H3,(H,23,24)/t20-/m0/s1. The summed E-state index contributed by atoms with van der Waals surface area (Å²) in [5, 5.41) is 10.0. The van der Waals surface area contributed by atoms with Crippen LogP contribution in [0.1, 0.15) is 5.56 Å². The van der Waals surface area contributed by atoms with E-state index in [4.69, 9.17) is 19.3 Å². The van der Waals surface area contributed by atoms with E-state index in [1.165, 1.54) is 7.11 Å². The number of aromatic nitrogens is 1. The lowest BCUT2D eigenvalue weighted by Crippen LogP contribution is -2.24. The third-order valence-corrected chi connectivity index (χ3v) is 4.10. The smallest absolute Gasteiger partial charge is 0.333 e. The van der Waals surface area contributed by atoms with Gasteiger partial charge in [0.2, 0.25) is 0 Å². The molecule has 0 aliphatic carbocycles. The van der Waals surface area contributed by atoms with Gasteiger partial charge in [0, 0.05) is 25.1 Å². The number of rotatable bonds is 9. The number of pyridine rings is 1. The number of benzene rings is 2. The zero-order valence-electron chi connectivity index (χ0n) is 15.0. The maximum atomic E-state index is 11.0. The van der Waals surface area contributed by atoms with E-state index in [-0.39, 0.29) is 0 Å². The number of nitrogens with zero attached hydrogens (tertiary/aromatic N) is 1. The van der Waals surface area contributed by atoms with Gasteiger partial charge in [-0.1, -0.05) is 18.2 Å². The topological polar surface area (TPSA) is 77.9 Å². The fourth-order valence-electron chi connectivity index (χ4n) is 2.67. The highest BCUT2D eigenvalue weighted by Gasteiger charge is 2.16. The predicted octanol–water partition coefficient (Wildman–Crippen LogP) is 3.33. The van der Waals surface area contributed by atoms with Crippen molar-refractivity contribution in [2.24, 2.45) is 0 Å². The fraction of sp³-hybridized carbons (Fsp3) is 0.238. The van der Waals surface area contributed by atoms with E-state index < -0.39 is 12.1 Å². The molecule has 0 spiro atoms. The van der Waals surface area contributed by atoms with Crippen molar-refractivity contribution in [3.05, 3.63) is 66.4 Å². The number of carboxylic acid groups (broad SMARTS) is 1. The minimum atomic E-state index is -0.973. The van der Waals surface area contributed by atoms with Crippen LogP contribution in [0.25, 0.3) is 10.9 Å². The SMILES string of the molecule is CO[C@@H](Cc1ccc(OCCOc2ccc3ncccc3c2)cc1)C(=O)O. The molecule has 3 rings (SSSR count). The van der Waals surface area contributed by atoms with Gasteiger partial charge in [0.1, 0.15) is 24.7 Å². The number of methoxy groups -OCH3 is 1. The quantitative estimate of drug-likeness (QED) is 0.585. The Bertz CT molecular complexity index is 894.